The lowest BCUT2D eigenvalue weighted by Crippen LogP contribution is -2.46. The molecule has 180 valence electrons. The van der Waals surface area contributed by atoms with E-state index in [-0.39, 0.29) is 5.91 Å². The van der Waals surface area contributed by atoms with Crippen LogP contribution < -0.4 is 10.2 Å². The van der Waals surface area contributed by atoms with E-state index in [9.17, 15) is 18.0 Å². The maximum Gasteiger partial charge on any atom is 0.416 e. The molecule has 0 aliphatic carbocycles. The van der Waals surface area contributed by atoms with Crippen LogP contribution in [0.5, 0.6) is 0 Å². The summed E-state index contributed by atoms with van der Waals surface area (Å²) < 4.78 is 38.9. The Morgan fingerprint density at radius 2 is 1.71 bits per heavy atom. The number of amides is 1. The minimum Gasteiger partial charge on any atom is -0.369 e. The van der Waals surface area contributed by atoms with Gasteiger partial charge in [-0.2, -0.15) is 24.5 Å². The highest BCUT2D eigenvalue weighted by atomic mass is 32.1. The van der Waals surface area contributed by atoms with Gasteiger partial charge in [-0.1, -0.05) is 18.2 Å². The summed E-state index contributed by atoms with van der Waals surface area (Å²) in [7, 11) is 0. The van der Waals surface area contributed by atoms with Gasteiger partial charge in [0, 0.05) is 44.0 Å². The molecule has 0 saturated carbocycles. The van der Waals surface area contributed by atoms with Crippen LogP contribution in [0.25, 0.3) is 11.1 Å². The molecule has 1 saturated heterocycles. The predicted molar refractivity (Wildman–Crippen MR) is 132 cm³/mol. The molecule has 0 spiro atoms. The number of carbonyl (C=O) groups is 1. The Morgan fingerprint density at radius 1 is 0.941 bits per heavy atom. The molecule has 0 atom stereocenters. The maximum atomic E-state index is 13.0. The van der Waals surface area contributed by atoms with Crippen LogP contribution in [-0.2, 0) is 11.0 Å². The summed E-state index contributed by atoms with van der Waals surface area (Å²) in [4.78, 5) is 16.6. The second-order valence-electron chi connectivity index (χ2n) is 8.47. The first-order chi connectivity index (χ1) is 16.4. The summed E-state index contributed by atoms with van der Waals surface area (Å²) in [6.45, 7) is 3.89. The molecule has 0 bridgehead atoms. The fourth-order valence-corrected chi connectivity index (χ4v) is 4.79. The monoisotopic (exact) mass is 487 g/mol. The van der Waals surface area contributed by atoms with E-state index >= 15 is 0 Å². The van der Waals surface area contributed by atoms with E-state index in [4.69, 9.17) is 0 Å². The van der Waals surface area contributed by atoms with Crippen LogP contribution in [0, 0.1) is 0 Å². The standard InChI is InChI=1S/C26H28F3N3OS/c27-26(28,29)22-4-3-5-24(18-22)32-15-13-31(14-16-32)12-2-1-6-25(33)30-23-9-7-20(8-10-23)21-11-17-34-19-21/h3-5,7-11,17-19H,1-2,6,12-16H2,(H,30,33). The predicted octanol–water partition coefficient (Wildman–Crippen LogP) is 6.36. The van der Waals surface area contributed by atoms with Crippen molar-refractivity contribution in [1.29, 1.82) is 0 Å². The topological polar surface area (TPSA) is 35.6 Å². The number of hydrogen-bond donors (Lipinski definition) is 1. The second kappa shape index (κ2) is 11.1. The molecule has 34 heavy (non-hydrogen) atoms. The van der Waals surface area contributed by atoms with Crippen LogP contribution in [0.1, 0.15) is 24.8 Å². The molecule has 1 aliphatic rings. The lowest BCUT2D eigenvalue weighted by molar-refractivity contribution is -0.137. The molecule has 0 unspecified atom stereocenters. The van der Waals surface area contributed by atoms with E-state index in [0.717, 1.165) is 49.8 Å². The largest absolute Gasteiger partial charge is 0.416 e. The number of piperazine rings is 1. The Balaban J connectivity index is 1.14. The molecule has 0 radical (unpaired) electrons. The van der Waals surface area contributed by atoms with Crippen LogP contribution in [0.4, 0.5) is 24.5 Å². The third-order valence-corrected chi connectivity index (χ3v) is 6.75. The van der Waals surface area contributed by atoms with Crippen LogP contribution in [0.3, 0.4) is 0 Å². The molecule has 2 aromatic carbocycles. The van der Waals surface area contributed by atoms with Crippen molar-refractivity contribution in [3.63, 3.8) is 0 Å². The van der Waals surface area contributed by atoms with Gasteiger partial charge in [-0.15, -0.1) is 0 Å². The van der Waals surface area contributed by atoms with Crippen molar-refractivity contribution in [2.45, 2.75) is 25.4 Å². The van der Waals surface area contributed by atoms with Gasteiger partial charge in [0.1, 0.15) is 0 Å². The average molecular weight is 488 g/mol. The van der Waals surface area contributed by atoms with Crippen molar-refractivity contribution in [2.75, 3.05) is 42.9 Å². The quantitative estimate of drug-likeness (QED) is 0.375. The van der Waals surface area contributed by atoms with Gasteiger partial charge >= 0.3 is 6.18 Å². The van der Waals surface area contributed by atoms with E-state index < -0.39 is 11.7 Å². The number of thiophene rings is 1. The zero-order valence-electron chi connectivity index (χ0n) is 18.9. The molecule has 3 aromatic rings. The molecule has 1 amide bonds. The van der Waals surface area contributed by atoms with Gasteiger partial charge in [0.05, 0.1) is 5.56 Å². The highest BCUT2D eigenvalue weighted by molar-refractivity contribution is 7.08. The SMILES string of the molecule is O=C(CCCCN1CCN(c2cccc(C(F)(F)F)c2)CC1)Nc1ccc(-c2ccsc2)cc1. The van der Waals surface area contributed by atoms with Gasteiger partial charge in [0.15, 0.2) is 0 Å². The number of halogens is 3. The fraction of sp³-hybridized carbons (Fsp3) is 0.346. The zero-order chi connectivity index (χ0) is 24.0. The molecule has 1 fully saturated rings. The number of nitrogens with one attached hydrogen (secondary N) is 1. The number of nitrogens with zero attached hydrogens (tertiary/aromatic N) is 2. The lowest BCUT2D eigenvalue weighted by atomic mass is 10.1. The van der Waals surface area contributed by atoms with E-state index in [0.29, 0.717) is 25.2 Å². The van der Waals surface area contributed by atoms with Crippen LogP contribution in [-0.4, -0.2) is 43.5 Å². The van der Waals surface area contributed by atoms with Gasteiger partial charge in [0.25, 0.3) is 0 Å². The molecule has 1 aliphatic heterocycles. The Bertz CT molecular complexity index is 1060. The summed E-state index contributed by atoms with van der Waals surface area (Å²) in [6.07, 6.45) is -2.14. The second-order valence-corrected chi connectivity index (χ2v) is 9.25. The van der Waals surface area contributed by atoms with Crippen molar-refractivity contribution in [1.82, 2.24) is 4.90 Å². The first kappa shape index (κ1) is 24.3. The van der Waals surface area contributed by atoms with Crippen molar-refractivity contribution >= 4 is 28.6 Å². The number of alkyl halides is 3. The van der Waals surface area contributed by atoms with E-state index in [1.807, 2.05) is 34.5 Å². The highest BCUT2D eigenvalue weighted by Crippen LogP contribution is 2.32. The summed E-state index contributed by atoms with van der Waals surface area (Å²) in [6, 6.07) is 15.5. The van der Waals surface area contributed by atoms with Gasteiger partial charge in [0.2, 0.25) is 5.91 Å². The molecule has 4 rings (SSSR count). The summed E-state index contributed by atoms with van der Waals surface area (Å²) in [5.74, 6) is 0.0117. The number of hydrogen-bond acceptors (Lipinski definition) is 4. The molecule has 4 nitrogen and oxygen atoms in total. The minimum absolute atomic E-state index is 0.0117. The Labute approximate surface area is 202 Å². The summed E-state index contributed by atoms with van der Waals surface area (Å²) >= 11 is 1.66. The van der Waals surface area contributed by atoms with Crippen molar-refractivity contribution in [3.8, 4) is 11.1 Å². The Hall–Kier alpha value is -2.84. The van der Waals surface area contributed by atoms with Crippen molar-refractivity contribution in [2.24, 2.45) is 0 Å². The zero-order valence-corrected chi connectivity index (χ0v) is 19.7. The molecule has 1 aromatic heterocycles. The van der Waals surface area contributed by atoms with Crippen molar-refractivity contribution in [3.05, 3.63) is 70.9 Å². The molecule has 8 heteroatoms. The van der Waals surface area contributed by atoms with Gasteiger partial charge in [-0.3, -0.25) is 9.69 Å². The normalized spacial score (nSPS) is 14.9. The number of unbranched alkanes of at least 4 members (excludes halogenated alkanes) is 1. The highest BCUT2D eigenvalue weighted by Gasteiger charge is 2.31. The van der Waals surface area contributed by atoms with Gasteiger partial charge in [-0.25, -0.2) is 0 Å². The minimum atomic E-state index is -4.32. The van der Waals surface area contributed by atoms with E-state index in [2.05, 4.69) is 21.7 Å². The van der Waals surface area contributed by atoms with Crippen LogP contribution >= 0.6 is 11.3 Å². The maximum absolute atomic E-state index is 13.0. The Morgan fingerprint density at radius 3 is 2.38 bits per heavy atom. The first-order valence-electron chi connectivity index (χ1n) is 11.5. The summed E-state index contributed by atoms with van der Waals surface area (Å²) in [5.41, 5.74) is 3.12. The lowest BCUT2D eigenvalue weighted by Gasteiger charge is -2.36. The van der Waals surface area contributed by atoms with Crippen LogP contribution in [0.2, 0.25) is 0 Å². The third kappa shape index (κ3) is 6.61. The van der Waals surface area contributed by atoms with Gasteiger partial charge in [-0.05, 0) is 77.7 Å². The summed E-state index contributed by atoms with van der Waals surface area (Å²) in [5, 5.41) is 7.09. The third-order valence-electron chi connectivity index (χ3n) is 6.06. The molecular formula is C26H28F3N3OS. The number of benzene rings is 2. The van der Waals surface area contributed by atoms with E-state index in [1.165, 1.54) is 17.7 Å². The van der Waals surface area contributed by atoms with Gasteiger partial charge < -0.3 is 10.2 Å². The smallest absolute Gasteiger partial charge is 0.369 e. The van der Waals surface area contributed by atoms with Crippen molar-refractivity contribution < 1.29 is 18.0 Å². The first-order valence-corrected chi connectivity index (χ1v) is 12.4. The number of anilines is 2. The molecule has 1 N–H and O–H groups in total. The Kier molecular flexibility index (Phi) is 7.90. The van der Waals surface area contributed by atoms with Crippen LogP contribution in [0.15, 0.2) is 65.4 Å². The number of rotatable bonds is 8. The molecular weight excluding hydrogens is 459 g/mol. The number of carbonyl (C=O) groups excluding carboxylic acids is 1. The fourth-order valence-electron chi connectivity index (χ4n) is 4.13. The molecule has 2 heterocycles. The average Bonchev–Trinajstić information content (AvgIpc) is 3.37. The van der Waals surface area contributed by atoms with E-state index in [1.54, 1.807) is 17.4 Å².